The quantitative estimate of drug-likeness (QED) is 0.823. The highest BCUT2D eigenvalue weighted by molar-refractivity contribution is 5.28. The predicted molar refractivity (Wildman–Crippen MR) is 74.8 cm³/mol. The van der Waals surface area contributed by atoms with Gasteiger partial charge >= 0.3 is 0 Å². The van der Waals surface area contributed by atoms with E-state index >= 15 is 0 Å². The fourth-order valence-electron chi connectivity index (χ4n) is 3.19. The molecule has 0 spiro atoms. The van der Waals surface area contributed by atoms with Gasteiger partial charge in [-0.1, -0.05) is 32.6 Å². The molecule has 1 aromatic heterocycles. The minimum atomic E-state index is 0.643. The number of imidazole rings is 1. The van der Waals surface area contributed by atoms with Crippen LogP contribution in [0.1, 0.15) is 64.3 Å². The van der Waals surface area contributed by atoms with Gasteiger partial charge in [0.25, 0.3) is 0 Å². The van der Waals surface area contributed by atoms with E-state index in [1.807, 2.05) is 6.20 Å². The molecule has 2 aliphatic carbocycles. The van der Waals surface area contributed by atoms with Crippen LogP contribution in [0.15, 0.2) is 12.4 Å². The molecule has 3 nitrogen and oxygen atoms in total. The second-order valence-corrected chi connectivity index (χ2v) is 6.02. The van der Waals surface area contributed by atoms with Gasteiger partial charge in [-0.3, -0.25) is 0 Å². The van der Waals surface area contributed by atoms with Gasteiger partial charge in [0.15, 0.2) is 0 Å². The van der Waals surface area contributed by atoms with E-state index in [4.69, 9.17) is 0 Å². The molecule has 1 unspecified atom stereocenters. The summed E-state index contributed by atoms with van der Waals surface area (Å²) in [6.07, 6.45) is 14.9. The van der Waals surface area contributed by atoms with E-state index in [0.717, 1.165) is 11.9 Å². The third kappa shape index (κ3) is 2.70. The van der Waals surface area contributed by atoms with Crippen molar-refractivity contribution in [1.82, 2.24) is 9.55 Å². The number of rotatable bonds is 6. The van der Waals surface area contributed by atoms with Crippen molar-refractivity contribution in [2.24, 2.45) is 5.92 Å². The van der Waals surface area contributed by atoms with Crippen molar-refractivity contribution < 1.29 is 0 Å². The van der Waals surface area contributed by atoms with Crippen molar-refractivity contribution >= 4 is 5.95 Å². The lowest BCUT2D eigenvalue weighted by molar-refractivity contribution is 0.430. The number of hydrogen-bond donors (Lipinski definition) is 1. The molecule has 0 bridgehead atoms. The van der Waals surface area contributed by atoms with Crippen molar-refractivity contribution in [1.29, 1.82) is 0 Å². The van der Waals surface area contributed by atoms with Gasteiger partial charge in [0.2, 0.25) is 5.95 Å². The lowest BCUT2D eigenvalue weighted by Crippen LogP contribution is -2.20. The molecule has 3 heteroatoms. The van der Waals surface area contributed by atoms with Crippen LogP contribution in [0.25, 0.3) is 0 Å². The third-order valence-electron chi connectivity index (χ3n) is 4.52. The van der Waals surface area contributed by atoms with E-state index in [0.29, 0.717) is 12.1 Å². The van der Waals surface area contributed by atoms with Gasteiger partial charge in [-0.05, 0) is 31.6 Å². The van der Waals surface area contributed by atoms with Crippen LogP contribution in [-0.2, 0) is 0 Å². The van der Waals surface area contributed by atoms with E-state index in [2.05, 4.69) is 28.0 Å². The van der Waals surface area contributed by atoms with Crippen molar-refractivity contribution in [3.05, 3.63) is 12.4 Å². The molecule has 1 aromatic rings. The molecule has 0 aromatic carbocycles. The zero-order chi connectivity index (χ0) is 12.4. The zero-order valence-electron chi connectivity index (χ0n) is 11.4. The van der Waals surface area contributed by atoms with Gasteiger partial charge in [0.05, 0.1) is 0 Å². The normalized spacial score (nSPS) is 22.3. The largest absolute Gasteiger partial charge is 0.353 e. The SMILES string of the molecule is CCC(CC1CC1)n1ccnc1NC1CCCC1. The lowest BCUT2D eigenvalue weighted by atomic mass is 10.1. The summed E-state index contributed by atoms with van der Waals surface area (Å²) < 4.78 is 2.39. The standard InChI is InChI=1S/C15H25N3/c1-2-14(11-12-7-8-12)18-10-9-16-15(18)17-13-5-3-4-6-13/h9-10,12-14H,2-8,11H2,1H3,(H,16,17). The second-order valence-electron chi connectivity index (χ2n) is 6.02. The Kier molecular flexibility index (Phi) is 3.57. The first kappa shape index (κ1) is 12.1. The van der Waals surface area contributed by atoms with Crippen LogP contribution in [0.4, 0.5) is 5.95 Å². The van der Waals surface area contributed by atoms with Gasteiger partial charge in [0.1, 0.15) is 0 Å². The first-order valence-corrected chi connectivity index (χ1v) is 7.66. The Morgan fingerprint density at radius 2 is 2.11 bits per heavy atom. The first-order valence-electron chi connectivity index (χ1n) is 7.66. The van der Waals surface area contributed by atoms with E-state index in [1.54, 1.807) is 0 Å². The van der Waals surface area contributed by atoms with Gasteiger partial charge in [-0.2, -0.15) is 0 Å². The molecule has 0 amide bonds. The summed E-state index contributed by atoms with van der Waals surface area (Å²) in [7, 11) is 0. The molecule has 0 saturated heterocycles. The maximum Gasteiger partial charge on any atom is 0.203 e. The summed E-state index contributed by atoms with van der Waals surface area (Å²) in [5.41, 5.74) is 0. The summed E-state index contributed by atoms with van der Waals surface area (Å²) in [5, 5.41) is 3.65. The zero-order valence-corrected chi connectivity index (χ0v) is 11.4. The second kappa shape index (κ2) is 5.33. The topological polar surface area (TPSA) is 29.9 Å². The van der Waals surface area contributed by atoms with E-state index in [9.17, 15) is 0 Å². The van der Waals surface area contributed by atoms with E-state index in [-0.39, 0.29) is 0 Å². The Bertz CT molecular complexity index is 375. The van der Waals surface area contributed by atoms with Gasteiger partial charge in [-0.25, -0.2) is 4.98 Å². The minimum Gasteiger partial charge on any atom is -0.353 e. The number of nitrogens with one attached hydrogen (secondary N) is 1. The van der Waals surface area contributed by atoms with Gasteiger partial charge in [-0.15, -0.1) is 0 Å². The molecule has 0 radical (unpaired) electrons. The molecule has 2 saturated carbocycles. The highest BCUT2D eigenvalue weighted by atomic mass is 15.2. The van der Waals surface area contributed by atoms with Crippen LogP contribution in [0.2, 0.25) is 0 Å². The number of nitrogens with zero attached hydrogens (tertiary/aromatic N) is 2. The maximum absolute atomic E-state index is 4.53. The third-order valence-corrected chi connectivity index (χ3v) is 4.52. The van der Waals surface area contributed by atoms with Crippen LogP contribution in [0.3, 0.4) is 0 Å². The van der Waals surface area contributed by atoms with Crippen LogP contribution in [0.5, 0.6) is 0 Å². The molecular formula is C15H25N3. The molecule has 2 aliphatic rings. The Hall–Kier alpha value is -0.990. The highest BCUT2D eigenvalue weighted by Gasteiger charge is 2.27. The smallest absolute Gasteiger partial charge is 0.203 e. The monoisotopic (exact) mass is 247 g/mol. The number of hydrogen-bond acceptors (Lipinski definition) is 2. The van der Waals surface area contributed by atoms with Crippen LogP contribution >= 0.6 is 0 Å². The average molecular weight is 247 g/mol. The molecule has 100 valence electrons. The highest BCUT2D eigenvalue weighted by Crippen LogP contribution is 2.38. The molecule has 0 aliphatic heterocycles. The first-order chi connectivity index (χ1) is 8.86. The molecule has 1 heterocycles. The van der Waals surface area contributed by atoms with Crippen molar-refractivity contribution in [3.8, 4) is 0 Å². The van der Waals surface area contributed by atoms with E-state index in [1.165, 1.54) is 51.4 Å². The fourth-order valence-corrected chi connectivity index (χ4v) is 3.19. The molecular weight excluding hydrogens is 222 g/mol. The Balaban J connectivity index is 1.67. The number of anilines is 1. The molecule has 1 atom stereocenters. The molecule has 2 fully saturated rings. The summed E-state index contributed by atoms with van der Waals surface area (Å²) in [6, 6.07) is 1.30. The van der Waals surface area contributed by atoms with E-state index < -0.39 is 0 Å². The summed E-state index contributed by atoms with van der Waals surface area (Å²) >= 11 is 0. The van der Waals surface area contributed by atoms with Crippen LogP contribution in [0, 0.1) is 5.92 Å². The Morgan fingerprint density at radius 3 is 2.78 bits per heavy atom. The maximum atomic E-state index is 4.53. The molecule has 18 heavy (non-hydrogen) atoms. The lowest BCUT2D eigenvalue weighted by Gasteiger charge is -2.21. The molecule has 3 rings (SSSR count). The van der Waals surface area contributed by atoms with Gasteiger partial charge in [0, 0.05) is 24.5 Å². The Labute approximate surface area is 110 Å². The fraction of sp³-hybridized carbons (Fsp3) is 0.800. The summed E-state index contributed by atoms with van der Waals surface area (Å²) in [6.45, 7) is 2.30. The van der Waals surface area contributed by atoms with Crippen molar-refractivity contribution in [3.63, 3.8) is 0 Å². The van der Waals surface area contributed by atoms with Crippen molar-refractivity contribution in [2.45, 2.75) is 70.4 Å². The minimum absolute atomic E-state index is 0.643. The molecule has 1 N–H and O–H groups in total. The average Bonchev–Trinajstić information content (AvgIpc) is 2.88. The van der Waals surface area contributed by atoms with Gasteiger partial charge < -0.3 is 9.88 Å². The van der Waals surface area contributed by atoms with Crippen LogP contribution in [-0.4, -0.2) is 15.6 Å². The summed E-state index contributed by atoms with van der Waals surface area (Å²) in [5.74, 6) is 2.09. The van der Waals surface area contributed by atoms with Crippen molar-refractivity contribution in [2.75, 3.05) is 5.32 Å². The Morgan fingerprint density at radius 1 is 1.33 bits per heavy atom. The summed E-state index contributed by atoms with van der Waals surface area (Å²) in [4.78, 5) is 4.53. The predicted octanol–water partition coefficient (Wildman–Crippen LogP) is 3.99. The van der Waals surface area contributed by atoms with Crippen LogP contribution < -0.4 is 5.32 Å². The number of aromatic nitrogens is 2.